The first-order valence-corrected chi connectivity index (χ1v) is 10.3. The van der Waals surface area contributed by atoms with Gasteiger partial charge in [0.15, 0.2) is 0 Å². The van der Waals surface area contributed by atoms with Crippen LogP contribution in [-0.2, 0) is 11.8 Å². The van der Waals surface area contributed by atoms with Crippen LogP contribution in [0.2, 0.25) is 5.02 Å². The number of amides is 1. The molecular weight excluding hydrogens is 370 g/mol. The van der Waals surface area contributed by atoms with E-state index in [-0.39, 0.29) is 11.5 Å². The van der Waals surface area contributed by atoms with Crippen LogP contribution in [0.5, 0.6) is 0 Å². The lowest BCUT2D eigenvalue weighted by molar-refractivity contribution is -0.118. The van der Waals surface area contributed by atoms with Crippen LogP contribution in [0, 0.1) is 0 Å². The number of benzene rings is 1. The smallest absolute Gasteiger partial charge is 0.251 e. The molecule has 140 valence electrons. The highest BCUT2D eigenvalue weighted by atomic mass is 35.5. The van der Waals surface area contributed by atoms with Crippen molar-refractivity contribution < 1.29 is 4.79 Å². The SMILES string of the molecule is CCN1CCC[C@H]1CNC(=O)CSc1cc(=O)n(C)c2cc(Cl)ccc12. The van der Waals surface area contributed by atoms with E-state index in [0.29, 0.717) is 23.4 Å². The second-order valence-electron chi connectivity index (χ2n) is 6.58. The minimum absolute atomic E-state index is 0.000689. The van der Waals surface area contributed by atoms with Gasteiger partial charge in [-0.15, -0.1) is 11.8 Å². The molecule has 2 aromatic rings. The Morgan fingerprint density at radius 3 is 2.96 bits per heavy atom. The zero-order valence-electron chi connectivity index (χ0n) is 15.1. The van der Waals surface area contributed by atoms with Crippen molar-refractivity contribution in [1.29, 1.82) is 0 Å². The summed E-state index contributed by atoms with van der Waals surface area (Å²) in [7, 11) is 1.73. The number of thioether (sulfide) groups is 1. The predicted octanol–water partition coefficient (Wildman–Crippen LogP) is 2.88. The fourth-order valence-corrected chi connectivity index (χ4v) is 4.55. The Kier molecular flexibility index (Phi) is 6.27. The number of nitrogens with one attached hydrogen (secondary N) is 1. The molecule has 0 spiro atoms. The second kappa shape index (κ2) is 8.46. The van der Waals surface area contributed by atoms with E-state index >= 15 is 0 Å². The number of hydrogen-bond acceptors (Lipinski definition) is 4. The second-order valence-corrected chi connectivity index (χ2v) is 8.04. The molecule has 2 heterocycles. The van der Waals surface area contributed by atoms with Crippen LogP contribution in [0.4, 0.5) is 0 Å². The van der Waals surface area contributed by atoms with E-state index in [1.807, 2.05) is 6.07 Å². The molecule has 1 N–H and O–H groups in total. The Balaban J connectivity index is 1.65. The third-order valence-electron chi connectivity index (χ3n) is 4.97. The molecule has 1 atom stereocenters. The molecule has 1 amide bonds. The highest BCUT2D eigenvalue weighted by Gasteiger charge is 2.23. The molecule has 1 saturated heterocycles. The normalized spacial score (nSPS) is 17.7. The number of nitrogens with zero attached hydrogens (tertiary/aromatic N) is 2. The lowest BCUT2D eigenvalue weighted by Gasteiger charge is -2.22. The van der Waals surface area contributed by atoms with Crippen molar-refractivity contribution in [2.24, 2.45) is 7.05 Å². The summed E-state index contributed by atoms with van der Waals surface area (Å²) >= 11 is 7.45. The van der Waals surface area contributed by atoms with E-state index in [0.717, 1.165) is 35.3 Å². The monoisotopic (exact) mass is 393 g/mol. The largest absolute Gasteiger partial charge is 0.354 e. The van der Waals surface area contributed by atoms with E-state index in [1.165, 1.54) is 18.2 Å². The summed E-state index contributed by atoms with van der Waals surface area (Å²) < 4.78 is 1.57. The van der Waals surface area contributed by atoms with Gasteiger partial charge in [-0.05, 0) is 38.1 Å². The van der Waals surface area contributed by atoms with Crippen molar-refractivity contribution in [3.8, 4) is 0 Å². The molecule has 0 saturated carbocycles. The van der Waals surface area contributed by atoms with Gasteiger partial charge in [-0.1, -0.05) is 24.6 Å². The van der Waals surface area contributed by atoms with E-state index in [1.54, 1.807) is 29.8 Å². The number of likely N-dealkylation sites (N-methyl/N-ethyl adjacent to an activating group) is 1. The van der Waals surface area contributed by atoms with Crippen molar-refractivity contribution in [2.75, 3.05) is 25.4 Å². The fraction of sp³-hybridized carbons (Fsp3) is 0.474. The molecule has 1 aromatic carbocycles. The topological polar surface area (TPSA) is 54.3 Å². The molecule has 1 aliphatic rings. The Labute approximate surface area is 162 Å². The van der Waals surface area contributed by atoms with Crippen LogP contribution in [-0.4, -0.2) is 46.8 Å². The van der Waals surface area contributed by atoms with Gasteiger partial charge < -0.3 is 9.88 Å². The zero-order valence-corrected chi connectivity index (χ0v) is 16.7. The average Bonchev–Trinajstić information content (AvgIpc) is 3.09. The van der Waals surface area contributed by atoms with Gasteiger partial charge in [0.25, 0.3) is 5.56 Å². The lowest BCUT2D eigenvalue weighted by atomic mass is 10.2. The van der Waals surface area contributed by atoms with Crippen LogP contribution >= 0.6 is 23.4 Å². The summed E-state index contributed by atoms with van der Waals surface area (Å²) in [5, 5.41) is 4.56. The number of pyridine rings is 1. The summed E-state index contributed by atoms with van der Waals surface area (Å²) in [6, 6.07) is 7.51. The van der Waals surface area contributed by atoms with E-state index < -0.39 is 0 Å². The van der Waals surface area contributed by atoms with Crippen LogP contribution in [0.15, 0.2) is 34.0 Å². The zero-order chi connectivity index (χ0) is 18.7. The molecule has 3 rings (SSSR count). The van der Waals surface area contributed by atoms with Crippen molar-refractivity contribution in [3.05, 3.63) is 39.6 Å². The molecule has 1 aliphatic heterocycles. The van der Waals surface area contributed by atoms with E-state index in [4.69, 9.17) is 11.6 Å². The maximum atomic E-state index is 12.3. The Bertz CT molecular complexity index is 868. The van der Waals surface area contributed by atoms with Crippen molar-refractivity contribution >= 4 is 40.2 Å². The number of aromatic nitrogens is 1. The fourth-order valence-electron chi connectivity index (χ4n) is 3.48. The maximum Gasteiger partial charge on any atom is 0.251 e. The van der Waals surface area contributed by atoms with Gasteiger partial charge in [-0.25, -0.2) is 0 Å². The maximum absolute atomic E-state index is 12.3. The van der Waals surface area contributed by atoms with Crippen molar-refractivity contribution in [2.45, 2.75) is 30.7 Å². The number of carbonyl (C=O) groups is 1. The first-order valence-electron chi connectivity index (χ1n) is 8.92. The van der Waals surface area contributed by atoms with Crippen LogP contribution in [0.1, 0.15) is 19.8 Å². The summed E-state index contributed by atoms with van der Waals surface area (Å²) in [6.45, 7) is 4.99. The minimum atomic E-state index is -0.104. The lowest BCUT2D eigenvalue weighted by Crippen LogP contribution is -2.40. The van der Waals surface area contributed by atoms with E-state index in [2.05, 4.69) is 17.1 Å². The molecule has 0 bridgehead atoms. The third-order valence-corrected chi connectivity index (χ3v) is 6.26. The van der Waals surface area contributed by atoms with Crippen LogP contribution in [0.25, 0.3) is 10.9 Å². The molecule has 1 aromatic heterocycles. The number of aryl methyl sites for hydroxylation is 1. The van der Waals surface area contributed by atoms with Crippen molar-refractivity contribution in [3.63, 3.8) is 0 Å². The highest BCUT2D eigenvalue weighted by molar-refractivity contribution is 8.00. The number of fused-ring (bicyclic) bond motifs is 1. The summed E-state index contributed by atoms with van der Waals surface area (Å²) in [5.74, 6) is 0.296. The number of hydrogen-bond donors (Lipinski definition) is 1. The van der Waals surface area contributed by atoms with Crippen LogP contribution < -0.4 is 10.9 Å². The molecule has 26 heavy (non-hydrogen) atoms. The van der Waals surface area contributed by atoms with Gasteiger partial charge in [0, 0.05) is 41.0 Å². The Morgan fingerprint density at radius 2 is 2.19 bits per heavy atom. The molecule has 5 nitrogen and oxygen atoms in total. The molecule has 7 heteroatoms. The minimum Gasteiger partial charge on any atom is -0.354 e. The molecule has 0 aliphatic carbocycles. The standard InChI is InChI=1S/C19H24ClN3O2S/c1-3-23-8-4-5-14(23)11-21-18(24)12-26-17-10-19(25)22(2)16-9-13(20)6-7-15(16)17/h6-7,9-10,14H,3-5,8,11-12H2,1-2H3,(H,21,24)/t14-/m0/s1. The van der Waals surface area contributed by atoms with Gasteiger partial charge >= 0.3 is 0 Å². The summed E-state index contributed by atoms with van der Waals surface area (Å²) in [4.78, 5) is 27.7. The molecule has 0 radical (unpaired) electrons. The number of halogens is 1. The number of carbonyl (C=O) groups excluding carboxylic acids is 1. The van der Waals surface area contributed by atoms with Crippen molar-refractivity contribution in [1.82, 2.24) is 14.8 Å². The van der Waals surface area contributed by atoms with Gasteiger partial charge in [-0.2, -0.15) is 0 Å². The predicted molar refractivity (Wildman–Crippen MR) is 108 cm³/mol. The Hall–Kier alpha value is -1.50. The highest BCUT2D eigenvalue weighted by Crippen LogP contribution is 2.28. The Morgan fingerprint density at radius 1 is 1.38 bits per heavy atom. The first kappa shape index (κ1) is 19.3. The summed E-state index contributed by atoms with van der Waals surface area (Å²) in [5.41, 5.74) is 0.671. The van der Waals surface area contributed by atoms with Gasteiger partial charge in [-0.3, -0.25) is 14.5 Å². The first-order chi connectivity index (χ1) is 12.5. The van der Waals surface area contributed by atoms with E-state index in [9.17, 15) is 9.59 Å². The third kappa shape index (κ3) is 4.24. The van der Waals surface area contributed by atoms with Gasteiger partial charge in [0.1, 0.15) is 0 Å². The number of rotatable bonds is 6. The van der Waals surface area contributed by atoms with Gasteiger partial charge in [0.05, 0.1) is 11.3 Å². The van der Waals surface area contributed by atoms with Crippen LogP contribution in [0.3, 0.4) is 0 Å². The molecular formula is C19H24ClN3O2S. The molecule has 0 unspecified atom stereocenters. The summed E-state index contributed by atoms with van der Waals surface area (Å²) in [6.07, 6.45) is 2.34. The quantitative estimate of drug-likeness (QED) is 0.767. The number of likely N-dealkylation sites (tertiary alicyclic amines) is 1. The molecule has 1 fully saturated rings. The average molecular weight is 394 g/mol. The van der Waals surface area contributed by atoms with Gasteiger partial charge in [0.2, 0.25) is 5.91 Å².